The number of benzene rings is 2. The summed E-state index contributed by atoms with van der Waals surface area (Å²) in [4.78, 5) is 12.8. The van der Waals surface area contributed by atoms with Crippen LogP contribution in [-0.4, -0.2) is 19.9 Å². The fourth-order valence-electron chi connectivity index (χ4n) is 2.62. The molecule has 0 fully saturated rings. The maximum Gasteiger partial charge on any atom is 0.255 e. The molecule has 0 aliphatic heterocycles. The molecule has 140 valence electrons. The Hall–Kier alpha value is -2.18. The van der Waals surface area contributed by atoms with E-state index in [-0.39, 0.29) is 10.8 Å². The maximum atomic E-state index is 12.7. The van der Waals surface area contributed by atoms with Gasteiger partial charge in [-0.3, -0.25) is 4.79 Å². The number of sulfonamides is 1. The van der Waals surface area contributed by atoms with Crippen LogP contribution in [0, 0.1) is 6.92 Å². The van der Waals surface area contributed by atoms with Crippen LogP contribution in [-0.2, 0) is 16.4 Å². The number of hydrogen-bond acceptors (Lipinski definition) is 3. The lowest BCUT2D eigenvalue weighted by molar-refractivity contribution is 0.102. The van der Waals surface area contributed by atoms with Gasteiger partial charge < -0.3 is 5.32 Å². The van der Waals surface area contributed by atoms with Crippen molar-refractivity contribution < 1.29 is 13.2 Å². The molecule has 0 aliphatic rings. The normalized spacial score (nSPS) is 12.0. The number of carbonyl (C=O) groups excluding carboxylic acids is 1. The Balaban J connectivity index is 2.36. The van der Waals surface area contributed by atoms with Gasteiger partial charge in [0.2, 0.25) is 10.0 Å². The zero-order chi connectivity index (χ0) is 19.5. The third-order valence-corrected chi connectivity index (χ3v) is 5.61. The Labute approximate surface area is 155 Å². The summed E-state index contributed by atoms with van der Waals surface area (Å²) in [6.45, 7) is 9.12. The van der Waals surface area contributed by atoms with E-state index in [0.717, 1.165) is 17.7 Å². The van der Waals surface area contributed by atoms with Crippen LogP contribution in [0.25, 0.3) is 0 Å². The van der Waals surface area contributed by atoms with Gasteiger partial charge in [0.05, 0.1) is 4.90 Å². The van der Waals surface area contributed by atoms with Crippen LogP contribution in [0.5, 0.6) is 0 Å². The van der Waals surface area contributed by atoms with Crippen molar-refractivity contribution in [1.82, 2.24) is 4.72 Å². The van der Waals surface area contributed by atoms with Gasteiger partial charge >= 0.3 is 0 Å². The lowest BCUT2D eigenvalue weighted by Crippen LogP contribution is -2.40. The van der Waals surface area contributed by atoms with Gasteiger partial charge in [0, 0.05) is 16.8 Å². The molecule has 2 rings (SSSR count). The summed E-state index contributed by atoms with van der Waals surface area (Å²) in [5.74, 6) is -0.323. The number of nitrogens with one attached hydrogen (secondary N) is 2. The molecular weight excluding hydrogens is 348 g/mol. The highest BCUT2D eigenvalue weighted by atomic mass is 32.2. The van der Waals surface area contributed by atoms with Crippen LogP contribution in [0.4, 0.5) is 5.69 Å². The minimum Gasteiger partial charge on any atom is -0.322 e. The van der Waals surface area contributed by atoms with Crippen LogP contribution < -0.4 is 10.0 Å². The van der Waals surface area contributed by atoms with Crippen LogP contribution in [0.1, 0.15) is 49.2 Å². The van der Waals surface area contributed by atoms with Crippen molar-refractivity contribution in [3.63, 3.8) is 0 Å². The predicted octanol–water partition coefficient (Wildman–Crippen LogP) is 3.89. The van der Waals surface area contributed by atoms with E-state index in [9.17, 15) is 13.2 Å². The van der Waals surface area contributed by atoms with Gasteiger partial charge in [-0.1, -0.05) is 31.2 Å². The van der Waals surface area contributed by atoms with Gasteiger partial charge in [-0.25, -0.2) is 13.1 Å². The molecule has 1 amide bonds. The molecular formula is C20H26N2O3S. The molecule has 0 aliphatic carbocycles. The molecule has 0 aromatic heterocycles. The number of para-hydroxylation sites is 1. The third kappa shape index (κ3) is 4.93. The van der Waals surface area contributed by atoms with Gasteiger partial charge in [-0.2, -0.15) is 0 Å². The predicted molar refractivity (Wildman–Crippen MR) is 105 cm³/mol. The fraction of sp³-hybridized carbons (Fsp3) is 0.350. The number of rotatable bonds is 5. The van der Waals surface area contributed by atoms with Crippen molar-refractivity contribution in [3.05, 3.63) is 59.2 Å². The van der Waals surface area contributed by atoms with E-state index in [1.54, 1.807) is 33.8 Å². The first kappa shape index (κ1) is 20.1. The summed E-state index contributed by atoms with van der Waals surface area (Å²) in [5, 5.41) is 2.89. The van der Waals surface area contributed by atoms with E-state index in [1.807, 2.05) is 31.2 Å². The number of aryl methyl sites for hydroxylation is 2. The standard InChI is InChI=1S/C20H26N2O3S/c1-6-15-9-7-8-10-18(15)21-19(23)17-13-16(12-11-14(17)2)26(24,25)22-20(3,4)5/h7-13,22H,6H2,1-5H3,(H,21,23). The summed E-state index contributed by atoms with van der Waals surface area (Å²) in [6, 6.07) is 12.2. The topological polar surface area (TPSA) is 75.3 Å². The molecule has 0 spiro atoms. The molecule has 0 unspecified atom stereocenters. The highest BCUT2D eigenvalue weighted by molar-refractivity contribution is 7.89. The summed E-state index contributed by atoms with van der Waals surface area (Å²) < 4.78 is 27.7. The van der Waals surface area contributed by atoms with E-state index in [0.29, 0.717) is 11.1 Å². The second-order valence-electron chi connectivity index (χ2n) is 7.30. The Bertz CT molecular complexity index is 913. The average Bonchev–Trinajstić information content (AvgIpc) is 2.53. The molecule has 5 nitrogen and oxygen atoms in total. The van der Waals surface area contributed by atoms with Crippen LogP contribution >= 0.6 is 0 Å². The lowest BCUT2D eigenvalue weighted by Gasteiger charge is -2.21. The Morgan fingerprint density at radius 2 is 1.73 bits per heavy atom. The van der Waals surface area contributed by atoms with E-state index < -0.39 is 15.6 Å². The first-order chi connectivity index (χ1) is 12.0. The number of anilines is 1. The van der Waals surface area contributed by atoms with Crippen LogP contribution in [0.2, 0.25) is 0 Å². The highest BCUT2D eigenvalue weighted by Gasteiger charge is 2.23. The molecule has 0 bridgehead atoms. The van der Waals surface area contributed by atoms with Crippen molar-refractivity contribution in [1.29, 1.82) is 0 Å². The van der Waals surface area contributed by atoms with Crippen molar-refractivity contribution in [2.45, 2.75) is 51.5 Å². The van der Waals surface area contributed by atoms with Gasteiger partial charge in [-0.15, -0.1) is 0 Å². The Kier molecular flexibility index (Phi) is 5.88. The molecule has 2 aromatic rings. The number of amides is 1. The minimum atomic E-state index is -3.71. The van der Waals surface area contributed by atoms with Gasteiger partial charge in [0.25, 0.3) is 5.91 Å². The lowest BCUT2D eigenvalue weighted by atomic mass is 10.1. The van der Waals surface area contributed by atoms with E-state index in [1.165, 1.54) is 12.1 Å². The molecule has 0 radical (unpaired) electrons. The number of carbonyl (C=O) groups is 1. The summed E-state index contributed by atoms with van der Waals surface area (Å²) in [5.41, 5.74) is 2.21. The van der Waals surface area contributed by atoms with Crippen molar-refractivity contribution in [3.8, 4) is 0 Å². The molecule has 0 saturated carbocycles. The largest absolute Gasteiger partial charge is 0.322 e. The quantitative estimate of drug-likeness (QED) is 0.834. The van der Waals surface area contributed by atoms with Crippen molar-refractivity contribution >= 4 is 21.6 Å². The molecule has 0 atom stereocenters. The maximum absolute atomic E-state index is 12.7. The minimum absolute atomic E-state index is 0.0759. The second kappa shape index (κ2) is 7.60. The zero-order valence-electron chi connectivity index (χ0n) is 15.9. The Morgan fingerprint density at radius 1 is 1.08 bits per heavy atom. The molecule has 2 aromatic carbocycles. The van der Waals surface area contributed by atoms with Crippen molar-refractivity contribution in [2.24, 2.45) is 0 Å². The SMILES string of the molecule is CCc1ccccc1NC(=O)c1cc(S(=O)(=O)NC(C)(C)C)ccc1C. The Morgan fingerprint density at radius 3 is 2.35 bits per heavy atom. The van der Waals surface area contributed by atoms with Crippen LogP contribution in [0.15, 0.2) is 47.4 Å². The molecule has 6 heteroatoms. The number of hydrogen-bond donors (Lipinski definition) is 2. The summed E-state index contributed by atoms with van der Waals surface area (Å²) in [6.07, 6.45) is 0.791. The third-order valence-electron chi connectivity index (χ3n) is 3.85. The molecule has 2 N–H and O–H groups in total. The molecule has 26 heavy (non-hydrogen) atoms. The monoisotopic (exact) mass is 374 g/mol. The summed E-state index contributed by atoms with van der Waals surface area (Å²) >= 11 is 0. The van der Waals surface area contributed by atoms with Gasteiger partial charge in [0.15, 0.2) is 0 Å². The fourth-order valence-corrected chi connectivity index (χ4v) is 4.06. The molecule has 0 saturated heterocycles. The first-order valence-corrected chi connectivity index (χ1v) is 10.1. The first-order valence-electron chi connectivity index (χ1n) is 8.57. The van der Waals surface area contributed by atoms with E-state index >= 15 is 0 Å². The van der Waals surface area contributed by atoms with E-state index in [4.69, 9.17) is 0 Å². The summed E-state index contributed by atoms with van der Waals surface area (Å²) in [7, 11) is -3.71. The van der Waals surface area contributed by atoms with Gasteiger partial charge in [-0.05, 0) is 63.4 Å². The second-order valence-corrected chi connectivity index (χ2v) is 8.98. The average molecular weight is 375 g/mol. The zero-order valence-corrected chi connectivity index (χ0v) is 16.7. The van der Waals surface area contributed by atoms with E-state index in [2.05, 4.69) is 10.0 Å². The van der Waals surface area contributed by atoms with Crippen molar-refractivity contribution in [2.75, 3.05) is 5.32 Å². The van der Waals surface area contributed by atoms with Gasteiger partial charge in [0.1, 0.15) is 0 Å². The smallest absolute Gasteiger partial charge is 0.255 e. The molecule has 0 heterocycles. The highest BCUT2D eigenvalue weighted by Crippen LogP contribution is 2.21. The van der Waals surface area contributed by atoms with Crippen LogP contribution in [0.3, 0.4) is 0 Å².